The summed E-state index contributed by atoms with van der Waals surface area (Å²) in [5, 5.41) is 9.44. The molecule has 0 saturated heterocycles. The van der Waals surface area contributed by atoms with Gasteiger partial charge in [-0.05, 0) is 84.9 Å². The zero-order valence-corrected chi connectivity index (χ0v) is 41.0. The number of rotatable bonds is 7. The highest BCUT2D eigenvalue weighted by Crippen LogP contribution is 2.47. The summed E-state index contributed by atoms with van der Waals surface area (Å²) < 4.78 is 9.82. The van der Waals surface area contributed by atoms with Crippen molar-refractivity contribution in [3.63, 3.8) is 0 Å². The lowest BCUT2D eigenvalue weighted by Gasteiger charge is -2.13. The van der Waals surface area contributed by atoms with Gasteiger partial charge < -0.3 is 18.3 Å². The van der Waals surface area contributed by atoms with E-state index in [1.807, 2.05) is 36.4 Å². The van der Waals surface area contributed by atoms with Crippen molar-refractivity contribution < 1.29 is 0 Å². The number of benzene rings is 11. The van der Waals surface area contributed by atoms with Crippen molar-refractivity contribution in [2.75, 3.05) is 0 Å². The average Bonchev–Trinajstić information content (AvgIpc) is 4.35. The molecular weight excluding hydrogens is 927 g/mol. The van der Waals surface area contributed by atoms with Crippen molar-refractivity contribution in [2.24, 2.45) is 0 Å². The first-order valence-electron chi connectivity index (χ1n) is 25.8. The number of fused-ring (bicyclic) bond motifs is 14. The fraction of sp³-hybridized carbons (Fsp3) is 0. The summed E-state index contributed by atoms with van der Waals surface area (Å²) in [5.74, 6) is 1.86. The second kappa shape index (κ2) is 16.6. The summed E-state index contributed by atoms with van der Waals surface area (Å²) in [6.45, 7) is 0. The molecular formula is C69H43N7. The van der Waals surface area contributed by atoms with E-state index in [4.69, 9.17) is 15.0 Å². The van der Waals surface area contributed by atoms with Gasteiger partial charge in [-0.1, -0.05) is 176 Å². The van der Waals surface area contributed by atoms with Crippen LogP contribution in [0.15, 0.2) is 261 Å². The molecule has 0 spiro atoms. The Balaban J connectivity index is 1.01. The molecule has 0 saturated carbocycles. The van der Waals surface area contributed by atoms with Crippen molar-refractivity contribution in [1.82, 2.24) is 33.2 Å². The minimum absolute atomic E-state index is 0.611. The second-order valence-corrected chi connectivity index (χ2v) is 19.5. The molecule has 0 N–H and O–H groups in total. The fourth-order valence-electron chi connectivity index (χ4n) is 12.2. The van der Waals surface area contributed by atoms with E-state index in [1.54, 1.807) is 0 Å². The van der Waals surface area contributed by atoms with Crippen LogP contribution in [0.2, 0.25) is 0 Å². The van der Waals surface area contributed by atoms with Crippen LogP contribution in [0.5, 0.6) is 0 Å². The summed E-state index contributed by atoms with van der Waals surface area (Å²) in [4.78, 5) is 15.6. The minimum atomic E-state index is 0.611. The third-order valence-electron chi connectivity index (χ3n) is 15.4. The van der Waals surface area contributed by atoms with Gasteiger partial charge in [-0.15, -0.1) is 0 Å². The molecule has 354 valence electrons. The van der Waals surface area contributed by atoms with E-state index in [-0.39, 0.29) is 0 Å². The van der Waals surface area contributed by atoms with Crippen LogP contribution in [0.4, 0.5) is 0 Å². The zero-order valence-electron chi connectivity index (χ0n) is 41.0. The Morgan fingerprint density at radius 3 is 1.25 bits per heavy atom. The molecule has 11 aromatic carbocycles. The summed E-state index contributed by atoms with van der Waals surface area (Å²) in [6.07, 6.45) is 0. The third kappa shape index (κ3) is 6.20. The number of hydrogen-bond acceptors (Lipinski definition) is 3. The maximum absolute atomic E-state index is 5.29. The van der Waals surface area contributed by atoms with Gasteiger partial charge in [-0.2, -0.15) is 0 Å². The number of aromatic nitrogens is 7. The SMILES string of the molecule is c1ccc(-c2nc(-c3ccccc3)nc(-c3cccc4c5ccc6c(c7ccccc7n6-c6ccc7c(c6)c6c(ccc8c9ccccc9n(-c9ccccc9)c86)n7-c6ccccc6)c5n(-c5ccccc5)c34)n2)cc1. The van der Waals surface area contributed by atoms with Crippen molar-refractivity contribution >= 4 is 87.2 Å². The predicted octanol–water partition coefficient (Wildman–Crippen LogP) is 17.3. The maximum Gasteiger partial charge on any atom is 0.166 e. The maximum atomic E-state index is 5.29. The van der Waals surface area contributed by atoms with Crippen LogP contribution in [0.1, 0.15) is 0 Å². The highest BCUT2D eigenvalue weighted by atomic mass is 15.1. The van der Waals surface area contributed by atoms with E-state index in [0.29, 0.717) is 17.5 Å². The van der Waals surface area contributed by atoms with E-state index in [2.05, 4.69) is 243 Å². The topological polar surface area (TPSA) is 58.4 Å². The Labute approximate surface area is 436 Å². The Morgan fingerprint density at radius 2 is 0.632 bits per heavy atom. The first kappa shape index (κ1) is 42.2. The molecule has 0 unspecified atom stereocenters. The van der Waals surface area contributed by atoms with Crippen molar-refractivity contribution in [2.45, 2.75) is 0 Å². The lowest BCUT2D eigenvalue weighted by atomic mass is 10.1. The normalized spacial score (nSPS) is 11.9. The number of nitrogens with zero attached hydrogens (tertiary/aromatic N) is 7. The van der Waals surface area contributed by atoms with Crippen molar-refractivity contribution in [3.05, 3.63) is 261 Å². The molecule has 7 heteroatoms. The molecule has 16 aromatic rings. The van der Waals surface area contributed by atoms with Crippen LogP contribution in [0.3, 0.4) is 0 Å². The quantitative estimate of drug-likeness (QED) is 0.160. The number of para-hydroxylation sites is 6. The first-order valence-corrected chi connectivity index (χ1v) is 25.8. The van der Waals surface area contributed by atoms with Crippen LogP contribution in [-0.2, 0) is 0 Å². The van der Waals surface area contributed by atoms with E-state index >= 15 is 0 Å². The predicted molar refractivity (Wildman–Crippen MR) is 313 cm³/mol. The van der Waals surface area contributed by atoms with Crippen LogP contribution >= 0.6 is 0 Å². The molecule has 0 fully saturated rings. The molecule has 0 aliphatic heterocycles. The van der Waals surface area contributed by atoms with Gasteiger partial charge >= 0.3 is 0 Å². The fourth-order valence-corrected chi connectivity index (χ4v) is 12.2. The summed E-state index contributed by atoms with van der Waals surface area (Å²) in [5.41, 5.74) is 16.2. The van der Waals surface area contributed by atoms with Gasteiger partial charge in [0.25, 0.3) is 0 Å². The van der Waals surface area contributed by atoms with Crippen LogP contribution in [-0.4, -0.2) is 33.2 Å². The second-order valence-electron chi connectivity index (χ2n) is 19.5. The molecule has 0 aliphatic rings. The molecule has 5 heterocycles. The van der Waals surface area contributed by atoms with E-state index in [1.165, 1.54) is 43.4 Å². The Bertz CT molecular complexity index is 4900. The highest BCUT2D eigenvalue weighted by molar-refractivity contribution is 6.29. The standard InChI is InChI=1S/C69H43N7/c1-6-21-44(22-7-1)67-70-68(45-23-8-2-9-24-45)72-69(71-67)55-34-20-33-51-53-39-42-60-62(66(53)76(64(51)55)48-29-14-5-15-30-48)54-32-17-19-36-58(54)74(60)49-37-40-59-56(43-49)63-61(73(59)46-25-10-3-11-26-46)41-38-52-50-31-16-18-35-57(50)75(65(52)63)47-27-12-4-13-28-47/h1-43H. The van der Waals surface area contributed by atoms with Gasteiger partial charge in [0.15, 0.2) is 17.5 Å². The van der Waals surface area contributed by atoms with Gasteiger partial charge in [-0.25, -0.2) is 15.0 Å². The van der Waals surface area contributed by atoms with Crippen LogP contribution in [0.25, 0.3) is 144 Å². The smallest absolute Gasteiger partial charge is 0.166 e. The molecule has 0 aliphatic carbocycles. The first-order chi connectivity index (χ1) is 37.7. The molecule has 76 heavy (non-hydrogen) atoms. The van der Waals surface area contributed by atoms with Gasteiger partial charge in [0.05, 0.1) is 44.1 Å². The molecule has 0 bridgehead atoms. The monoisotopic (exact) mass is 969 g/mol. The minimum Gasteiger partial charge on any atom is -0.309 e. The molecule has 0 atom stereocenters. The van der Waals surface area contributed by atoms with Gasteiger partial charge in [-0.3, -0.25) is 0 Å². The number of hydrogen-bond donors (Lipinski definition) is 0. The van der Waals surface area contributed by atoms with Crippen molar-refractivity contribution in [1.29, 1.82) is 0 Å². The largest absolute Gasteiger partial charge is 0.309 e. The Kier molecular flexibility index (Phi) is 9.20. The van der Waals surface area contributed by atoms with Gasteiger partial charge in [0, 0.05) is 82.5 Å². The molecule has 0 radical (unpaired) electrons. The summed E-state index contributed by atoms with van der Waals surface area (Å²) in [7, 11) is 0. The Morgan fingerprint density at radius 1 is 0.224 bits per heavy atom. The summed E-state index contributed by atoms with van der Waals surface area (Å²) >= 11 is 0. The average molecular weight is 970 g/mol. The van der Waals surface area contributed by atoms with Crippen molar-refractivity contribution in [3.8, 4) is 56.9 Å². The lowest BCUT2D eigenvalue weighted by Crippen LogP contribution is -2.02. The lowest BCUT2D eigenvalue weighted by molar-refractivity contribution is 1.07. The highest BCUT2D eigenvalue weighted by Gasteiger charge is 2.26. The van der Waals surface area contributed by atoms with Gasteiger partial charge in [0.2, 0.25) is 0 Å². The molecule has 7 nitrogen and oxygen atoms in total. The third-order valence-corrected chi connectivity index (χ3v) is 15.4. The van der Waals surface area contributed by atoms with E-state index in [9.17, 15) is 0 Å². The zero-order chi connectivity index (χ0) is 49.8. The molecule has 5 aromatic heterocycles. The molecule has 16 rings (SSSR count). The Hall–Kier alpha value is -10.4. The molecule has 0 amide bonds. The van der Waals surface area contributed by atoms with E-state index in [0.717, 1.165) is 83.3 Å². The summed E-state index contributed by atoms with van der Waals surface area (Å²) in [6, 6.07) is 93.3. The van der Waals surface area contributed by atoms with E-state index < -0.39 is 0 Å². The van der Waals surface area contributed by atoms with Gasteiger partial charge in [0.1, 0.15) is 0 Å². The van der Waals surface area contributed by atoms with Crippen LogP contribution in [0, 0.1) is 0 Å². The van der Waals surface area contributed by atoms with Crippen LogP contribution < -0.4 is 0 Å².